The van der Waals surface area contributed by atoms with E-state index < -0.39 is 5.97 Å². The van der Waals surface area contributed by atoms with Crippen LogP contribution in [0.2, 0.25) is 0 Å². The summed E-state index contributed by atoms with van der Waals surface area (Å²) in [4.78, 5) is 26.7. The van der Waals surface area contributed by atoms with Crippen molar-refractivity contribution in [1.29, 1.82) is 0 Å². The summed E-state index contributed by atoms with van der Waals surface area (Å²) < 4.78 is 0. The number of carboxylic acid groups (broad SMARTS) is 1. The lowest BCUT2D eigenvalue weighted by Gasteiger charge is -2.07. The van der Waals surface area contributed by atoms with Crippen molar-refractivity contribution in [1.82, 2.24) is 10.3 Å². The number of aromatic carboxylic acids is 1. The number of H-pyrrole nitrogens is 1. The molecule has 0 saturated carbocycles. The molecule has 0 saturated heterocycles. The fourth-order valence-corrected chi connectivity index (χ4v) is 3.02. The van der Waals surface area contributed by atoms with E-state index in [4.69, 9.17) is 0 Å². The van der Waals surface area contributed by atoms with Crippen LogP contribution in [-0.4, -0.2) is 22.0 Å². The van der Waals surface area contributed by atoms with Crippen molar-refractivity contribution < 1.29 is 14.7 Å². The van der Waals surface area contributed by atoms with Gasteiger partial charge < -0.3 is 15.4 Å². The van der Waals surface area contributed by atoms with Gasteiger partial charge in [-0.15, -0.1) is 0 Å². The number of fused-ring (bicyclic) bond motifs is 1. The predicted molar refractivity (Wildman–Crippen MR) is 92.3 cm³/mol. The molecule has 0 aliphatic rings. The molecule has 5 nitrogen and oxygen atoms in total. The van der Waals surface area contributed by atoms with Crippen molar-refractivity contribution in [3.63, 3.8) is 0 Å². The Bertz CT molecular complexity index is 927. The molecular formula is C19H18N2O3. The molecule has 3 rings (SSSR count). The van der Waals surface area contributed by atoms with Gasteiger partial charge in [-0.2, -0.15) is 0 Å². The number of hydrogen-bond acceptors (Lipinski definition) is 2. The van der Waals surface area contributed by atoms with Crippen LogP contribution in [0, 0.1) is 13.8 Å². The molecule has 1 aromatic heterocycles. The zero-order chi connectivity index (χ0) is 17.3. The van der Waals surface area contributed by atoms with Crippen LogP contribution in [-0.2, 0) is 6.54 Å². The second-order valence-corrected chi connectivity index (χ2v) is 5.84. The minimum Gasteiger partial charge on any atom is -0.477 e. The summed E-state index contributed by atoms with van der Waals surface area (Å²) in [6.07, 6.45) is 0. The first-order valence-electron chi connectivity index (χ1n) is 7.65. The minimum absolute atomic E-state index is 0.118. The maximum absolute atomic E-state index is 12.2. The third-order valence-corrected chi connectivity index (χ3v) is 4.02. The molecule has 3 aromatic rings. The molecule has 0 radical (unpaired) electrons. The molecule has 1 heterocycles. The van der Waals surface area contributed by atoms with Crippen molar-refractivity contribution in [2.24, 2.45) is 0 Å². The lowest BCUT2D eigenvalue weighted by atomic mass is 10.0. The Kier molecular flexibility index (Phi) is 4.08. The van der Waals surface area contributed by atoms with Gasteiger partial charge in [0.25, 0.3) is 5.91 Å². The minimum atomic E-state index is -1.03. The quantitative estimate of drug-likeness (QED) is 0.688. The van der Waals surface area contributed by atoms with Crippen LogP contribution in [0.3, 0.4) is 0 Å². The number of rotatable bonds is 4. The van der Waals surface area contributed by atoms with Gasteiger partial charge in [-0.3, -0.25) is 4.79 Å². The lowest BCUT2D eigenvalue weighted by molar-refractivity contribution is 0.0689. The molecule has 3 N–H and O–H groups in total. The molecule has 0 aliphatic heterocycles. The Labute approximate surface area is 139 Å². The molecular weight excluding hydrogens is 304 g/mol. The van der Waals surface area contributed by atoms with Gasteiger partial charge in [0.05, 0.1) is 0 Å². The number of aromatic nitrogens is 1. The highest BCUT2D eigenvalue weighted by molar-refractivity contribution is 6.00. The molecule has 24 heavy (non-hydrogen) atoms. The highest BCUT2D eigenvalue weighted by Crippen LogP contribution is 2.27. The van der Waals surface area contributed by atoms with E-state index in [0.29, 0.717) is 11.1 Å². The number of aryl methyl sites for hydroxylation is 2. The number of hydrogen-bond donors (Lipinski definition) is 3. The number of benzene rings is 2. The van der Waals surface area contributed by atoms with Crippen molar-refractivity contribution in [3.05, 3.63) is 70.4 Å². The molecule has 5 heteroatoms. The zero-order valence-corrected chi connectivity index (χ0v) is 13.5. The highest BCUT2D eigenvalue weighted by Gasteiger charge is 2.19. The van der Waals surface area contributed by atoms with Crippen molar-refractivity contribution >= 4 is 22.8 Å². The fraction of sp³-hybridized carbons (Fsp3) is 0.158. The van der Waals surface area contributed by atoms with Gasteiger partial charge in [0, 0.05) is 28.6 Å². The Morgan fingerprint density at radius 1 is 1.12 bits per heavy atom. The van der Waals surface area contributed by atoms with Crippen LogP contribution >= 0.6 is 0 Å². The average molecular weight is 322 g/mol. The number of nitrogens with one attached hydrogen (secondary N) is 2. The largest absolute Gasteiger partial charge is 0.477 e. The summed E-state index contributed by atoms with van der Waals surface area (Å²) in [5, 5.41) is 13.1. The standard InChI is InChI=1S/C19H18N2O3/c1-11-8-12(2)16-14(17(19(23)24)21-15(16)9-11)10-20-18(22)13-6-4-3-5-7-13/h3-9,21H,10H2,1-2H3,(H,20,22)(H,23,24). The number of aromatic amines is 1. The van der Waals surface area contributed by atoms with Crippen LogP contribution < -0.4 is 5.32 Å². The van der Waals surface area contributed by atoms with Gasteiger partial charge in [-0.05, 0) is 43.2 Å². The second kappa shape index (κ2) is 6.20. The number of carboxylic acids is 1. The van der Waals surface area contributed by atoms with Gasteiger partial charge in [0.15, 0.2) is 0 Å². The van der Waals surface area contributed by atoms with Crippen molar-refractivity contribution in [2.75, 3.05) is 0 Å². The first kappa shape index (κ1) is 15.8. The lowest BCUT2D eigenvalue weighted by Crippen LogP contribution is -2.23. The van der Waals surface area contributed by atoms with Crippen LogP contribution in [0.5, 0.6) is 0 Å². The molecule has 0 spiro atoms. The molecule has 0 unspecified atom stereocenters. The van der Waals surface area contributed by atoms with Gasteiger partial charge in [-0.1, -0.05) is 24.3 Å². The molecule has 0 bridgehead atoms. The normalized spacial score (nSPS) is 10.8. The first-order valence-corrected chi connectivity index (χ1v) is 7.65. The first-order chi connectivity index (χ1) is 11.5. The smallest absolute Gasteiger partial charge is 0.352 e. The molecule has 0 aliphatic carbocycles. The summed E-state index contributed by atoms with van der Waals surface area (Å²) in [5.41, 5.74) is 4.07. The Hall–Kier alpha value is -3.08. The Balaban J connectivity index is 1.97. The highest BCUT2D eigenvalue weighted by atomic mass is 16.4. The number of amides is 1. The average Bonchev–Trinajstić information content (AvgIpc) is 2.92. The SMILES string of the molecule is Cc1cc(C)c2c(CNC(=O)c3ccccc3)c(C(=O)O)[nH]c2c1. The molecule has 0 atom stereocenters. The van der Waals surface area contributed by atoms with E-state index in [-0.39, 0.29) is 18.1 Å². The summed E-state index contributed by atoms with van der Waals surface area (Å²) in [7, 11) is 0. The summed E-state index contributed by atoms with van der Waals surface area (Å²) in [6.45, 7) is 4.06. The van der Waals surface area contributed by atoms with E-state index in [1.54, 1.807) is 24.3 Å². The van der Waals surface area contributed by atoms with E-state index in [9.17, 15) is 14.7 Å². The topological polar surface area (TPSA) is 82.2 Å². The van der Waals surface area contributed by atoms with E-state index in [0.717, 1.165) is 22.0 Å². The third-order valence-electron chi connectivity index (χ3n) is 4.02. The summed E-state index contributed by atoms with van der Waals surface area (Å²) in [6, 6.07) is 12.8. The van der Waals surface area contributed by atoms with Crippen molar-refractivity contribution in [2.45, 2.75) is 20.4 Å². The van der Waals surface area contributed by atoms with Crippen molar-refractivity contribution in [3.8, 4) is 0 Å². The summed E-state index contributed by atoms with van der Waals surface area (Å²) >= 11 is 0. The predicted octanol–water partition coefficient (Wildman–Crippen LogP) is 3.41. The molecule has 122 valence electrons. The van der Waals surface area contributed by atoms with Crippen LogP contribution in [0.15, 0.2) is 42.5 Å². The van der Waals surface area contributed by atoms with Crippen LogP contribution in [0.4, 0.5) is 0 Å². The van der Waals surface area contributed by atoms with E-state index in [2.05, 4.69) is 10.3 Å². The van der Waals surface area contributed by atoms with Gasteiger partial charge in [-0.25, -0.2) is 4.79 Å². The zero-order valence-electron chi connectivity index (χ0n) is 13.5. The molecule has 0 fully saturated rings. The Morgan fingerprint density at radius 3 is 2.50 bits per heavy atom. The Morgan fingerprint density at radius 2 is 1.83 bits per heavy atom. The van der Waals surface area contributed by atoms with E-state index in [1.807, 2.05) is 32.0 Å². The second-order valence-electron chi connectivity index (χ2n) is 5.84. The van der Waals surface area contributed by atoms with Gasteiger partial charge in [0.1, 0.15) is 5.69 Å². The van der Waals surface area contributed by atoms with Gasteiger partial charge >= 0.3 is 5.97 Å². The fourth-order valence-electron chi connectivity index (χ4n) is 3.02. The van der Waals surface area contributed by atoms with Gasteiger partial charge in [0.2, 0.25) is 0 Å². The third kappa shape index (κ3) is 2.88. The van der Waals surface area contributed by atoms with E-state index >= 15 is 0 Å². The molecule has 2 aromatic carbocycles. The molecule has 1 amide bonds. The van der Waals surface area contributed by atoms with E-state index in [1.165, 1.54) is 0 Å². The summed E-state index contributed by atoms with van der Waals surface area (Å²) in [5.74, 6) is -1.27. The number of carbonyl (C=O) groups excluding carboxylic acids is 1. The maximum Gasteiger partial charge on any atom is 0.352 e. The van der Waals surface area contributed by atoms with Crippen LogP contribution in [0.25, 0.3) is 10.9 Å². The number of carbonyl (C=O) groups is 2. The maximum atomic E-state index is 12.2. The van der Waals surface area contributed by atoms with Crippen LogP contribution in [0.1, 0.15) is 37.5 Å². The monoisotopic (exact) mass is 322 g/mol.